The maximum absolute atomic E-state index is 5.77. The van der Waals surface area contributed by atoms with Crippen molar-refractivity contribution in [2.45, 2.75) is 44.9 Å². The summed E-state index contributed by atoms with van der Waals surface area (Å²) in [7, 11) is 1.98. The molecule has 1 rings (SSSR count). The van der Waals surface area contributed by atoms with Crippen LogP contribution in [0.2, 0.25) is 0 Å². The van der Waals surface area contributed by atoms with Crippen LogP contribution in [0.5, 0.6) is 0 Å². The summed E-state index contributed by atoms with van der Waals surface area (Å²) in [5.74, 6) is 0. The zero-order valence-corrected chi connectivity index (χ0v) is 10.7. The van der Waals surface area contributed by atoms with Gasteiger partial charge in [0.15, 0.2) is 0 Å². The monoisotopic (exact) mass is 231 g/mol. The van der Waals surface area contributed by atoms with E-state index < -0.39 is 0 Å². The predicted octanol–water partition coefficient (Wildman–Crippen LogP) is 1.19. The van der Waals surface area contributed by atoms with Gasteiger partial charge in [-0.1, -0.05) is 6.92 Å². The molecular formula is C12H25NO3. The summed E-state index contributed by atoms with van der Waals surface area (Å²) in [6.45, 7) is 7.03. The summed E-state index contributed by atoms with van der Waals surface area (Å²) in [5.41, 5.74) is 0. The van der Waals surface area contributed by atoms with Gasteiger partial charge in [0.05, 0.1) is 25.4 Å². The summed E-state index contributed by atoms with van der Waals surface area (Å²) in [4.78, 5) is 0. The molecule has 4 nitrogen and oxygen atoms in total. The standard InChI is InChI=1S/C12H25NO3/c1-4-6-16-12-10(13-3)9-11(12)15-8-7-14-5-2/h10-13H,4-9H2,1-3H3. The highest BCUT2D eigenvalue weighted by molar-refractivity contribution is 4.96. The van der Waals surface area contributed by atoms with Crippen molar-refractivity contribution in [3.63, 3.8) is 0 Å². The second kappa shape index (κ2) is 8.01. The number of hydrogen-bond donors (Lipinski definition) is 1. The van der Waals surface area contributed by atoms with Crippen LogP contribution in [0.1, 0.15) is 26.7 Å². The van der Waals surface area contributed by atoms with Gasteiger partial charge in [0.25, 0.3) is 0 Å². The lowest BCUT2D eigenvalue weighted by atomic mass is 9.85. The highest BCUT2D eigenvalue weighted by Crippen LogP contribution is 2.27. The molecule has 1 aliphatic rings. The Balaban J connectivity index is 2.15. The lowest BCUT2D eigenvalue weighted by Gasteiger charge is -2.43. The van der Waals surface area contributed by atoms with Crippen LogP contribution < -0.4 is 5.32 Å². The first-order valence-electron chi connectivity index (χ1n) is 6.31. The van der Waals surface area contributed by atoms with Crippen LogP contribution in [0.4, 0.5) is 0 Å². The molecule has 0 aromatic rings. The lowest BCUT2D eigenvalue weighted by Crippen LogP contribution is -2.59. The summed E-state index contributed by atoms with van der Waals surface area (Å²) >= 11 is 0. The van der Waals surface area contributed by atoms with Crippen LogP contribution in [-0.4, -0.2) is 51.7 Å². The van der Waals surface area contributed by atoms with Crippen molar-refractivity contribution in [2.24, 2.45) is 0 Å². The molecule has 1 N–H and O–H groups in total. The number of rotatable bonds is 9. The number of hydrogen-bond acceptors (Lipinski definition) is 4. The second-order valence-corrected chi connectivity index (χ2v) is 4.07. The van der Waals surface area contributed by atoms with E-state index in [1.807, 2.05) is 14.0 Å². The first kappa shape index (κ1) is 13.9. The quantitative estimate of drug-likeness (QED) is 0.605. The molecule has 0 aromatic carbocycles. The minimum atomic E-state index is 0.214. The fraction of sp³-hybridized carbons (Fsp3) is 1.00. The minimum absolute atomic E-state index is 0.214. The van der Waals surface area contributed by atoms with Gasteiger partial charge in [0, 0.05) is 19.3 Å². The summed E-state index contributed by atoms with van der Waals surface area (Å²) in [6, 6.07) is 0.448. The third-order valence-corrected chi connectivity index (χ3v) is 2.90. The fourth-order valence-electron chi connectivity index (χ4n) is 1.91. The van der Waals surface area contributed by atoms with Gasteiger partial charge >= 0.3 is 0 Å². The van der Waals surface area contributed by atoms with Crippen LogP contribution in [0.25, 0.3) is 0 Å². The lowest BCUT2D eigenvalue weighted by molar-refractivity contribution is -0.151. The van der Waals surface area contributed by atoms with Gasteiger partial charge in [-0.25, -0.2) is 0 Å². The Bertz CT molecular complexity index is 178. The van der Waals surface area contributed by atoms with Crippen molar-refractivity contribution in [1.82, 2.24) is 5.32 Å². The summed E-state index contributed by atoms with van der Waals surface area (Å²) in [6.07, 6.45) is 2.55. The van der Waals surface area contributed by atoms with E-state index in [2.05, 4.69) is 12.2 Å². The molecule has 1 saturated carbocycles. The normalized spacial score (nSPS) is 29.1. The molecule has 0 saturated heterocycles. The predicted molar refractivity (Wildman–Crippen MR) is 63.7 cm³/mol. The largest absolute Gasteiger partial charge is 0.379 e. The zero-order valence-electron chi connectivity index (χ0n) is 10.7. The Morgan fingerprint density at radius 2 is 1.94 bits per heavy atom. The van der Waals surface area contributed by atoms with Crippen molar-refractivity contribution in [1.29, 1.82) is 0 Å². The third kappa shape index (κ3) is 4.01. The minimum Gasteiger partial charge on any atom is -0.379 e. The Hall–Kier alpha value is -0.160. The topological polar surface area (TPSA) is 39.7 Å². The van der Waals surface area contributed by atoms with E-state index in [-0.39, 0.29) is 12.2 Å². The molecule has 1 fully saturated rings. The maximum Gasteiger partial charge on any atom is 0.0990 e. The van der Waals surface area contributed by atoms with E-state index in [1.165, 1.54) is 0 Å². The van der Waals surface area contributed by atoms with Crippen molar-refractivity contribution in [3.8, 4) is 0 Å². The Labute approximate surface area is 98.6 Å². The molecule has 1 aliphatic carbocycles. The van der Waals surface area contributed by atoms with E-state index in [4.69, 9.17) is 14.2 Å². The van der Waals surface area contributed by atoms with E-state index in [9.17, 15) is 0 Å². The van der Waals surface area contributed by atoms with Gasteiger partial charge in [-0.05, 0) is 26.8 Å². The highest BCUT2D eigenvalue weighted by atomic mass is 16.6. The van der Waals surface area contributed by atoms with Crippen LogP contribution in [0.3, 0.4) is 0 Å². The Morgan fingerprint density at radius 1 is 1.12 bits per heavy atom. The van der Waals surface area contributed by atoms with E-state index in [1.54, 1.807) is 0 Å². The molecule has 0 aliphatic heterocycles. The van der Waals surface area contributed by atoms with Crippen LogP contribution in [-0.2, 0) is 14.2 Å². The maximum atomic E-state index is 5.77. The van der Waals surface area contributed by atoms with Crippen LogP contribution in [0.15, 0.2) is 0 Å². The van der Waals surface area contributed by atoms with E-state index in [0.717, 1.165) is 26.1 Å². The molecule has 0 aromatic heterocycles. The molecule has 16 heavy (non-hydrogen) atoms. The van der Waals surface area contributed by atoms with Crippen molar-refractivity contribution < 1.29 is 14.2 Å². The molecule has 0 spiro atoms. The van der Waals surface area contributed by atoms with Gasteiger partial charge in [-0.15, -0.1) is 0 Å². The number of likely N-dealkylation sites (N-methyl/N-ethyl adjacent to an activating group) is 1. The molecular weight excluding hydrogens is 206 g/mol. The molecule has 3 atom stereocenters. The molecule has 4 heteroatoms. The van der Waals surface area contributed by atoms with Gasteiger partial charge in [0.1, 0.15) is 0 Å². The van der Waals surface area contributed by atoms with Gasteiger partial charge in [-0.3, -0.25) is 0 Å². The van der Waals surface area contributed by atoms with Gasteiger partial charge < -0.3 is 19.5 Å². The average molecular weight is 231 g/mol. The van der Waals surface area contributed by atoms with Crippen molar-refractivity contribution >= 4 is 0 Å². The van der Waals surface area contributed by atoms with Crippen molar-refractivity contribution in [3.05, 3.63) is 0 Å². The third-order valence-electron chi connectivity index (χ3n) is 2.90. The van der Waals surface area contributed by atoms with Crippen LogP contribution in [0, 0.1) is 0 Å². The summed E-state index contributed by atoms with van der Waals surface area (Å²) < 4.78 is 16.7. The molecule has 0 amide bonds. The smallest absolute Gasteiger partial charge is 0.0990 e. The molecule has 0 radical (unpaired) electrons. The highest BCUT2D eigenvalue weighted by Gasteiger charge is 2.41. The van der Waals surface area contributed by atoms with Gasteiger partial charge in [-0.2, -0.15) is 0 Å². The first-order chi connectivity index (χ1) is 7.83. The zero-order chi connectivity index (χ0) is 11.8. The fourth-order valence-corrected chi connectivity index (χ4v) is 1.91. The first-order valence-corrected chi connectivity index (χ1v) is 6.31. The Morgan fingerprint density at radius 3 is 2.56 bits per heavy atom. The molecule has 0 heterocycles. The SMILES string of the molecule is CCCOC1C(NC)CC1OCCOCC. The van der Waals surface area contributed by atoms with Gasteiger partial charge in [0.2, 0.25) is 0 Å². The van der Waals surface area contributed by atoms with E-state index in [0.29, 0.717) is 19.3 Å². The summed E-state index contributed by atoms with van der Waals surface area (Å²) in [5, 5.41) is 3.26. The number of nitrogens with one attached hydrogen (secondary N) is 1. The van der Waals surface area contributed by atoms with E-state index >= 15 is 0 Å². The van der Waals surface area contributed by atoms with Crippen LogP contribution >= 0.6 is 0 Å². The Kier molecular flexibility index (Phi) is 6.96. The molecule has 3 unspecified atom stereocenters. The van der Waals surface area contributed by atoms with Crippen molar-refractivity contribution in [2.75, 3.05) is 33.5 Å². The molecule has 0 bridgehead atoms. The average Bonchev–Trinajstić information content (AvgIpc) is 2.28. The number of ether oxygens (including phenoxy) is 3. The molecule has 96 valence electrons. The second-order valence-electron chi connectivity index (χ2n) is 4.07.